The van der Waals surface area contributed by atoms with Crippen molar-refractivity contribution in [3.05, 3.63) is 53.5 Å². The Kier molecular flexibility index (Phi) is 5.49. The summed E-state index contributed by atoms with van der Waals surface area (Å²) in [5.41, 5.74) is 1.00. The van der Waals surface area contributed by atoms with Crippen LogP contribution in [0, 0.1) is 12.7 Å². The number of piperazine rings is 1. The van der Waals surface area contributed by atoms with Crippen LogP contribution in [0.25, 0.3) is 11.0 Å². The van der Waals surface area contributed by atoms with Crippen LogP contribution in [0.4, 0.5) is 4.39 Å². The molecule has 2 aliphatic heterocycles. The standard InChI is InChI=1S/C23H23FN2O6S/c1-15-18-13-16(24)3-5-19(18)32-22(15)23(27)25-7-9-26(10-8-25)33(28,29)17-4-6-20-21(14-17)31-12-2-11-30-20/h3-6,13-14H,2,7-12H2,1H3. The van der Waals surface area contributed by atoms with Crippen LogP contribution >= 0.6 is 0 Å². The van der Waals surface area contributed by atoms with Crippen LogP contribution in [-0.2, 0) is 10.0 Å². The Labute approximate surface area is 190 Å². The number of carbonyl (C=O) groups is 1. The van der Waals surface area contributed by atoms with Crippen LogP contribution in [0.15, 0.2) is 45.7 Å². The molecule has 1 fully saturated rings. The number of aryl methyl sites for hydroxylation is 1. The van der Waals surface area contributed by atoms with E-state index in [2.05, 4.69) is 0 Å². The number of hydrogen-bond acceptors (Lipinski definition) is 6. The van der Waals surface area contributed by atoms with Crippen molar-refractivity contribution >= 4 is 26.9 Å². The third-order valence-electron chi connectivity index (χ3n) is 5.98. The fraction of sp³-hybridized carbons (Fsp3) is 0.348. The van der Waals surface area contributed by atoms with Gasteiger partial charge in [-0.15, -0.1) is 0 Å². The zero-order valence-corrected chi connectivity index (χ0v) is 18.9. The number of halogens is 1. The number of hydrogen-bond donors (Lipinski definition) is 0. The Morgan fingerprint density at radius 1 is 0.970 bits per heavy atom. The molecule has 0 radical (unpaired) electrons. The Balaban J connectivity index is 1.31. The highest BCUT2D eigenvalue weighted by Gasteiger charge is 2.33. The molecule has 0 spiro atoms. The van der Waals surface area contributed by atoms with Crippen molar-refractivity contribution in [2.75, 3.05) is 39.4 Å². The van der Waals surface area contributed by atoms with Crippen molar-refractivity contribution in [1.82, 2.24) is 9.21 Å². The van der Waals surface area contributed by atoms with Gasteiger partial charge < -0.3 is 18.8 Å². The number of sulfonamides is 1. The highest BCUT2D eigenvalue weighted by molar-refractivity contribution is 7.89. The van der Waals surface area contributed by atoms with Crippen LogP contribution in [0.3, 0.4) is 0 Å². The highest BCUT2D eigenvalue weighted by atomic mass is 32.2. The zero-order chi connectivity index (χ0) is 23.2. The van der Waals surface area contributed by atoms with Gasteiger partial charge in [-0.1, -0.05) is 0 Å². The summed E-state index contributed by atoms with van der Waals surface area (Å²) in [6.45, 7) is 3.43. The maximum absolute atomic E-state index is 13.6. The minimum absolute atomic E-state index is 0.127. The minimum Gasteiger partial charge on any atom is -0.490 e. The van der Waals surface area contributed by atoms with E-state index in [1.165, 1.54) is 34.6 Å². The van der Waals surface area contributed by atoms with Gasteiger partial charge in [-0.25, -0.2) is 12.8 Å². The summed E-state index contributed by atoms with van der Waals surface area (Å²) in [6.07, 6.45) is 0.729. The van der Waals surface area contributed by atoms with Crippen LogP contribution < -0.4 is 9.47 Å². The molecule has 3 heterocycles. The van der Waals surface area contributed by atoms with Gasteiger partial charge >= 0.3 is 0 Å². The van der Waals surface area contributed by atoms with Gasteiger partial charge in [0.15, 0.2) is 17.3 Å². The highest BCUT2D eigenvalue weighted by Crippen LogP contribution is 2.33. The first-order chi connectivity index (χ1) is 15.8. The molecular formula is C23H23FN2O6S. The van der Waals surface area contributed by atoms with E-state index in [4.69, 9.17) is 13.9 Å². The molecule has 0 N–H and O–H groups in total. The maximum Gasteiger partial charge on any atom is 0.289 e. The first-order valence-corrected chi connectivity index (χ1v) is 12.2. The minimum atomic E-state index is -3.76. The predicted octanol–water partition coefficient (Wildman–Crippen LogP) is 3.19. The number of carbonyl (C=O) groups excluding carboxylic acids is 1. The first-order valence-electron chi connectivity index (χ1n) is 10.7. The molecule has 0 aliphatic carbocycles. The van der Waals surface area contributed by atoms with Crippen molar-refractivity contribution in [3.63, 3.8) is 0 Å². The third-order valence-corrected chi connectivity index (χ3v) is 7.87. The SMILES string of the molecule is Cc1c(C(=O)N2CCN(S(=O)(=O)c3ccc4c(c3)OCCCO4)CC2)oc2ccc(F)cc12. The quantitative estimate of drug-likeness (QED) is 0.579. The average Bonchev–Trinajstić information content (AvgIpc) is 2.98. The Bertz CT molecular complexity index is 1330. The van der Waals surface area contributed by atoms with Crippen LogP contribution in [0.2, 0.25) is 0 Å². The van der Waals surface area contributed by atoms with Crippen LogP contribution in [0.5, 0.6) is 11.5 Å². The molecule has 2 aromatic carbocycles. The van der Waals surface area contributed by atoms with E-state index < -0.39 is 15.8 Å². The number of furan rings is 1. The molecule has 1 saturated heterocycles. The van der Waals surface area contributed by atoms with E-state index in [-0.39, 0.29) is 42.7 Å². The number of fused-ring (bicyclic) bond motifs is 2. The molecule has 0 unspecified atom stereocenters. The van der Waals surface area contributed by atoms with Gasteiger partial charge in [-0.3, -0.25) is 4.79 Å². The van der Waals surface area contributed by atoms with E-state index in [0.29, 0.717) is 41.2 Å². The third kappa shape index (κ3) is 3.93. The number of ether oxygens (including phenoxy) is 2. The van der Waals surface area contributed by atoms with Crippen molar-refractivity contribution < 1.29 is 31.5 Å². The second kappa shape index (κ2) is 8.35. The molecule has 5 rings (SSSR count). The second-order valence-corrected chi connectivity index (χ2v) is 9.99. The molecule has 0 bridgehead atoms. The van der Waals surface area contributed by atoms with Crippen molar-refractivity contribution in [1.29, 1.82) is 0 Å². The van der Waals surface area contributed by atoms with Gasteiger partial charge in [0.1, 0.15) is 11.4 Å². The van der Waals surface area contributed by atoms with Crippen molar-refractivity contribution in [2.45, 2.75) is 18.2 Å². The fourth-order valence-corrected chi connectivity index (χ4v) is 5.56. The van der Waals surface area contributed by atoms with Gasteiger partial charge in [-0.05, 0) is 37.3 Å². The zero-order valence-electron chi connectivity index (χ0n) is 18.0. The summed E-state index contributed by atoms with van der Waals surface area (Å²) in [5, 5.41) is 0.550. The molecule has 10 heteroatoms. The molecule has 1 amide bonds. The summed E-state index contributed by atoms with van der Waals surface area (Å²) >= 11 is 0. The Hall–Kier alpha value is -3.11. The Morgan fingerprint density at radius 3 is 2.45 bits per heavy atom. The van der Waals surface area contributed by atoms with Crippen LogP contribution in [0.1, 0.15) is 22.5 Å². The molecule has 1 aromatic heterocycles. The first kappa shape index (κ1) is 21.7. The van der Waals surface area contributed by atoms with E-state index in [1.807, 2.05) is 0 Å². The number of rotatable bonds is 3. The maximum atomic E-state index is 13.6. The number of nitrogens with zero attached hydrogens (tertiary/aromatic N) is 2. The van der Waals surface area contributed by atoms with Gasteiger partial charge in [0.25, 0.3) is 5.91 Å². The normalized spacial score (nSPS) is 17.2. The van der Waals surface area contributed by atoms with E-state index >= 15 is 0 Å². The molecular weight excluding hydrogens is 451 g/mol. The van der Waals surface area contributed by atoms with Gasteiger partial charge in [0, 0.05) is 49.6 Å². The largest absolute Gasteiger partial charge is 0.490 e. The number of benzene rings is 2. The summed E-state index contributed by atoms with van der Waals surface area (Å²) in [5.74, 6) is 0.354. The molecule has 0 atom stereocenters. The lowest BCUT2D eigenvalue weighted by atomic mass is 10.1. The molecule has 174 valence electrons. The molecule has 0 saturated carbocycles. The van der Waals surface area contributed by atoms with Gasteiger partial charge in [0.2, 0.25) is 10.0 Å². The van der Waals surface area contributed by atoms with Crippen LogP contribution in [-0.4, -0.2) is 62.9 Å². The summed E-state index contributed by atoms with van der Waals surface area (Å²) in [7, 11) is -3.76. The Morgan fingerprint density at radius 2 is 1.70 bits per heavy atom. The molecule has 8 nitrogen and oxygen atoms in total. The molecule has 33 heavy (non-hydrogen) atoms. The molecule has 2 aliphatic rings. The summed E-state index contributed by atoms with van der Waals surface area (Å²) in [4.78, 5) is 14.7. The number of amides is 1. The smallest absolute Gasteiger partial charge is 0.289 e. The predicted molar refractivity (Wildman–Crippen MR) is 118 cm³/mol. The van der Waals surface area contributed by atoms with E-state index in [9.17, 15) is 17.6 Å². The lowest BCUT2D eigenvalue weighted by molar-refractivity contribution is 0.0667. The molecule has 3 aromatic rings. The van der Waals surface area contributed by atoms with Gasteiger partial charge in [-0.2, -0.15) is 4.31 Å². The fourth-order valence-electron chi connectivity index (χ4n) is 4.13. The average molecular weight is 475 g/mol. The van der Waals surface area contributed by atoms with Gasteiger partial charge in [0.05, 0.1) is 18.1 Å². The lowest BCUT2D eigenvalue weighted by Crippen LogP contribution is -2.50. The van der Waals surface area contributed by atoms with E-state index in [1.54, 1.807) is 17.9 Å². The topological polar surface area (TPSA) is 89.3 Å². The second-order valence-electron chi connectivity index (χ2n) is 8.05. The monoisotopic (exact) mass is 474 g/mol. The van der Waals surface area contributed by atoms with E-state index in [0.717, 1.165) is 6.42 Å². The van der Waals surface area contributed by atoms with Crippen molar-refractivity contribution in [2.24, 2.45) is 0 Å². The summed E-state index contributed by atoms with van der Waals surface area (Å²) < 4.78 is 58.2. The lowest BCUT2D eigenvalue weighted by Gasteiger charge is -2.33. The van der Waals surface area contributed by atoms with Crippen molar-refractivity contribution in [3.8, 4) is 11.5 Å². The summed E-state index contributed by atoms with van der Waals surface area (Å²) in [6, 6.07) is 8.73.